The number of hydrogen-bond donors (Lipinski definition) is 1. The van der Waals surface area contributed by atoms with Gasteiger partial charge in [-0.2, -0.15) is 0 Å². The molecule has 0 fully saturated rings. The van der Waals surface area contributed by atoms with Gasteiger partial charge in [-0.05, 0) is 6.07 Å². The Labute approximate surface area is 102 Å². The van der Waals surface area contributed by atoms with E-state index in [1.165, 1.54) is 6.20 Å². The van der Waals surface area contributed by atoms with Gasteiger partial charge in [-0.1, -0.05) is 22.7 Å². The molecule has 0 radical (unpaired) electrons. The van der Waals surface area contributed by atoms with E-state index in [1.807, 2.05) is 24.3 Å². The maximum absolute atomic E-state index is 12.0. The molecule has 1 atom stereocenters. The minimum atomic E-state index is -0.256. The highest BCUT2D eigenvalue weighted by Crippen LogP contribution is 2.34. The number of anilines is 1. The van der Waals surface area contributed by atoms with Gasteiger partial charge in [0.25, 0.3) is 0 Å². The molecular weight excluding hydrogens is 238 g/mol. The Morgan fingerprint density at radius 1 is 1.47 bits per heavy atom. The third kappa shape index (κ3) is 1.87. The fourth-order valence-corrected chi connectivity index (χ4v) is 2.23. The highest BCUT2D eigenvalue weighted by atomic mass is 32.1. The van der Waals surface area contributed by atoms with Crippen LogP contribution in [-0.4, -0.2) is 22.1 Å². The zero-order valence-electron chi connectivity index (χ0n) is 8.79. The normalized spacial score (nSPS) is 17.3. The lowest BCUT2D eigenvalue weighted by Crippen LogP contribution is -2.21. The van der Waals surface area contributed by atoms with Gasteiger partial charge in [-0.3, -0.25) is 4.79 Å². The molecule has 3 rings (SSSR count). The first kappa shape index (κ1) is 10.2. The predicted octanol–water partition coefficient (Wildman–Crippen LogP) is 1.65. The molecule has 1 unspecified atom stereocenters. The summed E-state index contributed by atoms with van der Waals surface area (Å²) in [5.74, 6) is 0.448. The SMILES string of the molecule is O=C(Nc1cnns1)C1COc2ccccc21. The van der Waals surface area contributed by atoms with E-state index in [2.05, 4.69) is 14.9 Å². The number of ether oxygens (including phenoxy) is 1. The van der Waals surface area contributed by atoms with Crippen LogP contribution in [0.3, 0.4) is 0 Å². The largest absolute Gasteiger partial charge is 0.492 e. The van der Waals surface area contributed by atoms with E-state index in [0.717, 1.165) is 22.8 Å². The average molecular weight is 247 g/mol. The molecule has 0 saturated heterocycles. The third-order valence-corrected chi connectivity index (χ3v) is 3.20. The summed E-state index contributed by atoms with van der Waals surface area (Å²) in [6.45, 7) is 0.386. The zero-order valence-corrected chi connectivity index (χ0v) is 9.61. The first-order valence-electron chi connectivity index (χ1n) is 5.14. The third-order valence-electron chi connectivity index (χ3n) is 2.62. The quantitative estimate of drug-likeness (QED) is 0.876. The Kier molecular flexibility index (Phi) is 2.49. The summed E-state index contributed by atoms with van der Waals surface area (Å²) in [6, 6.07) is 7.59. The number of amides is 1. The van der Waals surface area contributed by atoms with Gasteiger partial charge in [0.05, 0.1) is 6.20 Å². The average Bonchev–Trinajstić information content (AvgIpc) is 2.96. The lowest BCUT2D eigenvalue weighted by atomic mass is 10.0. The summed E-state index contributed by atoms with van der Waals surface area (Å²) in [6.07, 6.45) is 1.53. The summed E-state index contributed by atoms with van der Waals surface area (Å²) in [5.41, 5.74) is 0.933. The van der Waals surface area contributed by atoms with Crippen LogP contribution in [-0.2, 0) is 4.79 Å². The van der Waals surface area contributed by atoms with Gasteiger partial charge >= 0.3 is 0 Å². The standard InChI is InChI=1S/C11H9N3O2S/c15-11(13-10-5-12-14-17-10)8-6-16-9-4-2-1-3-7(8)9/h1-5,8H,6H2,(H,13,15). The second kappa shape index (κ2) is 4.14. The van der Waals surface area contributed by atoms with Crippen molar-refractivity contribution in [2.45, 2.75) is 5.92 Å². The summed E-state index contributed by atoms with van der Waals surface area (Å²) in [4.78, 5) is 12.0. The molecular formula is C11H9N3O2S. The van der Waals surface area contributed by atoms with Crippen LogP contribution in [0.25, 0.3) is 0 Å². The molecule has 17 heavy (non-hydrogen) atoms. The number of carbonyl (C=O) groups excluding carboxylic acids is 1. The van der Waals surface area contributed by atoms with Crippen LogP contribution in [0.15, 0.2) is 30.5 Å². The van der Waals surface area contributed by atoms with E-state index in [4.69, 9.17) is 4.74 Å². The Morgan fingerprint density at radius 2 is 2.35 bits per heavy atom. The van der Waals surface area contributed by atoms with Crippen LogP contribution in [0.5, 0.6) is 5.75 Å². The van der Waals surface area contributed by atoms with Crippen LogP contribution in [0.2, 0.25) is 0 Å². The van der Waals surface area contributed by atoms with Gasteiger partial charge < -0.3 is 10.1 Å². The van der Waals surface area contributed by atoms with Crippen molar-refractivity contribution in [1.82, 2.24) is 9.59 Å². The number of para-hydroxylation sites is 1. The summed E-state index contributed by atoms with van der Waals surface area (Å²) >= 11 is 1.16. The van der Waals surface area contributed by atoms with Gasteiger partial charge in [-0.25, -0.2) is 0 Å². The van der Waals surface area contributed by atoms with E-state index in [-0.39, 0.29) is 11.8 Å². The maximum Gasteiger partial charge on any atom is 0.236 e. The maximum atomic E-state index is 12.0. The van der Waals surface area contributed by atoms with Crippen molar-refractivity contribution in [2.24, 2.45) is 0 Å². The predicted molar refractivity (Wildman–Crippen MR) is 63.2 cm³/mol. The van der Waals surface area contributed by atoms with Crippen molar-refractivity contribution in [2.75, 3.05) is 11.9 Å². The smallest absolute Gasteiger partial charge is 0.236 e. The fourth-order valence-electron chi connectivity index (χ4n) is 1.81. The topological polar surface area (TPSA) is 64.1 Å². The first-order valence-corrected chi connectivity index (χ1v) is 5.92. The number of hydrogen-bond acceptors (Lipinski definition) is 5. The minimum absolute atomic E-state index is 0.0824. The molecule has 0 spiro atoms. The molecule has 2 heterocycles. The molecule has 1 aliphatic heterocycles. The van der Waals surface area contributed by atoms with E-state index in [1.54, 1.807) is 0 Å². The van der Waals surface area contributed by atoms with E-state index in [0.29, 0.717) is 11.6 Å². The number of fused-ring (bicyclic) bond motifs is 1. The van der Waals surface area contributed by atoms with Gasteiger partial charge in [0.2, 0.25) is 5.91 Å². The molecule has 0 bridgehead atoms. The van der Waals surface area contributed by atoms with Crippen molar-refractivity contribution >= 4 is 22.4 Å². The lowest BCUT2D eigenvalue weighted by molar-refractivity contribution is -0.117. The van der Waals surface area contributed by atoms with Crippen molar-refractivity contribution in [1.29, 1.82) is 0 Å². The number of benzene rings is 1. The number of aromatic nitrogens is 2. The Bertz CT molecular complexity index is 541. The molecule has 0 aliphatic carbocycles. The number of rotatable bonds is 2. The molecule has 1 aromatic heterocycles. The van der Waals surface area contributed by atoms with Crippen LogP contribution >= 0.6 is 11.5 Å². The van der Waals surface area contributed by atoms with Crippen molar-refractivity contribution in [3.05, 3.63) is 36.0 Å². The summed E-state index contributed by atoms with van der Waals surface area (Å²) < 4.78 is 9.15. The lowest BCUT2D eigenvalue weighted by Gasteiger charge is -2.07. The van der Waals surface area contributed by atoms with Crippen molar-refractivity contribution in [3.8, 4) is 5.75 Å². The van der Waals surface area contributed by atoms with Gasteiger partial charge in [0.1, 0.15) is 23.3 Å². The molecule has 1 aliphatic rings. The minimum Gasteiger partial charge on any atom is -0.492 e. The second-order valence-electron chi connectivity index (χ2n) is 3.67. The molecule has 86 valence electrons. The van der Waals surface area contributed by atoms with E-state index < -0.39 is 0 Å². The van der Waals surface area contributed by atoms with Gasteiger partial charge in [-0.15, -0.1) is 5.10 Å². The van der Waals surface area contributed by atoms with Crippen LogP contribution in [0.1, 0.15) is 11.5 Å². The number of carbonyl (C=O) groups is 1. The number of nitrogens with zero attached hydrogens (tertiary/aromatic N) is 2. The molecule has 5 nitrogen and oxygen atoms in total. The Morgan fingerprint density at radius 3 is 3.18 bits per heavy atom. The zero-order chi connectivity index (χ0) is 11.7. The van der Waals surface area contributed by atoms with Gasteiger partial charge in [0.15, 0.2) is 0 Å². The molecule has 2 aromatic rings. The van der Waals surface area contributed by atoms with E-state index >= 15 is 0 Å². The van der Waals surface area contributed by atoms with Crippen LogP contribution in [0, 0.1) is 0 Å². The summed E-state index contributed by atoms with van der Waals surface area (Å²) in [5, 5.41) is 7.10. The summed E-state index contributed by atoms with van der Waals surface area (Å²) in [7, 11) is 0. The second-order valence-corrected chi connectivity index (χ2v) is 4.46. The molecule has 6 heteroatoms. The monoisotopic (exact) mass is 247 g/mol. The molecule has 0 saturated carbocycles. The van der Waals surface area contributed by atoms with E-state index in [9.17, 15) is 4.79 Å². The van der Waals surface area contributed by atoms with Crippen LogP contribution < -0.4 is 10.1 Å². The first-order chi connectivity index (χ1) is 8.34. The van der Waals surface area contributed by atoms with Crippen LogP contribution in [0.4, 0.5) is 5.00 Å². The Balaban J connectivity index is 1.80. The van der Waals surface area contributed by atoms with Crippen molar-refractivity contribution in [3.63, 3.8) is 0 Å². The molecule has 1 amide bonds. The van der Waals surface area contributed by atoms with Crippen molar-refractivity contribution < 1.29 is 9.53 Å². The van der Waals surface area contributed by atoms with Gasteiger partial charge in [0, 0.05) is 17.1 Å². The fraction of sp³-hybridized carbons (Fsp3) is 0.182. The Hall–Kier alpha value is -1.95. The molecule has 1 aromatic carbocycles. The highest BCUT2D eigenvalue weighted by Gasteiger charge is 2.30. The number of nitrogens with one attached hydrogen (secondary N) is 1. The highest BCUT2D eigenvalue weighted by molar-refractivity contribution is 7.10. The molecule has 1 N–H and O–H groups in total.